The van der Waals surface area contributed by atoms with Gasteiger partial charge in [0.05, 0.1) is 0 Å². The first-order chi connectivity index (χ1) is 11.6. The number of nitrogens with one attached hydrogen (secondary N) is 1. The SMILES string of the molecule is CNC1(c2ccccc2)CCC2(CC1)CC(=O)N(CCC1CC1)C2. The Morgan fingerprint density at radius 3 is 2.46 bits per heavy atom. The maximum absolute atomic E-state index is 12.5. The van der Waals surface area contributed by atoms with Crippen molar-refractivity contribution in [2.45, 2.75) is 56.9 Å². The highest BCUT2D eigenvalue weighted by molar-refractivity contribution is 5.79. The van der Waals surface area contributed by atoms with Crippen LogP contribution in [-0.2, 0) is 10.3 Å². The lowest BCUT2D eigenvalue weighted by Crippen LogP contribution is -2.46. The fraction of sp³-hybridized carbons (Fsp3) is 0.667. The van der Waals surface area contributed by atoms with E-state index in [1.54, 1.807) is 0 Å². The molecule has 1 N–H and O–H groups in total. The van der Waals surface area contributed by atoms with Gasteiger partial charge < -0.3 is 10.2 Å². The molecule has 1 amide bonds. The second kappa shape index (κ2) is 6.18. The summed E-state index contributed by atoms with van der Waals surface area (Å²) >= 11 is 0. The van der Waals surface area contributed by atoms with Crippen molar-refractivity contribution >= 4 is 5.91 Å². The van der Waals surface area contributed by atoms with E-state index in [1.165, 1.54) is 24.8 Å². The highest BCUT2D eigenvalue weighted by atomic mass is 16.2. The van der Waals surface area contributed by atoms with Crippen molar-refractivity contribution in [2.24, 2.45) is 11.3 Å². The molecule has 2 saturated carbocycles. The third-order valence-corrected chi connectivity index (χ3v) is 6.88. The summed E-state index contributed by atoms with van der Waals surface area (Å²) < 4.78 is 0. The zero-order valence-electron chi connectivity index (χ0n) is 14.9. The van der Waals surface area contributed by atoms with Crippen LogP contribution in [0.3, 0.4) is 0 Å². The number of likely N-dealkylation sites (tertiary alicyclic amines) is 1. The molecule has 0 unspecified atom stereocenters. The van der Waals surface area contributed by atoms with Gasteiger partial charge in [0.15, 0.2) is 0 Å². The Morgan fingerprint density at radius 1 is 1.12 bits per heavy atom. The highest BCUT2D eigenvalue weighted by Crippen LogP contribution is 2.50. The zero-order chi connectivity index (χ0) is 16.6. The standard InChI is InChI=1S/C21H30N2O/c1-22-21(18-5-3-2-4-6-18)12-10-20(11-13-21)15-19(24)23(16-20)14-9-17-7-8-17/h2-6,17,22H,7-16H2,1H3. The number of hydrogen-bond acceptors (Lipinski definition) is 2. The number of nitrogens with zero attached hydrogens (tertiary/aromatic N) is 1. The van der Waals surface area contributed by atoms with Gasteiger partial charge in [-0.05, 0) is 56.0 Å². The van der Waals surface area contributed by atoms with Crippen LogP contribution in [0.2, 0.25) is 0 Å². The van der Waals surface area contributed by atoms with Crippen LogP contribution >= 0.6 is 0 Å². The van der Waals surface area contributed by atoms with Gasteiger partial charge in [0, 0.05) is 25.0 Å². The number of amides is 1. The molecule has 1 spiro atoms. The summed E-state index contributed by atoms with van der Waals surface area (Å²) in [6.07, 6.45) is 9.37. The first-order valence-electron chi connectivity index (χ1n) is 9.67. The number of carbonyl (C=O) groups excluding carboxylic acids is 1. The van der Waals surface area contributed by atoms with Crippen molar-refractivity contribution in [1.29, 1.82) is 0 Å². The van der Waals surface area contributed by atoms with E-state index in [0.717, 1.165) is 51.1 Å². The van der Waals surface area contributed by atoms with Gasteiger partial charge in [0.1, 0.15) is 0 Å². The van der Waals surface area contributed by atoms with Crippen LogP contribution in [-0.4, -0.2) is 30.9 Å². The van der Waals surface area contributed by atoms with Gasteiger partial charge >= 0.3 is 0 Å². The summed E-state index contributed by atoms with van der Waals surface area (Å²) in [4.78, 5) is 14.7. The van der Waals surface area contributed by atoms with Crippen molar-refractivity contribution in [3.05, 3.63) is 35.9 Å². The van der Waals surface area contributed by atoms with Gasteiger partial charge in [-0.15, -0.1) is 0 Å². The minimum Gasteiger partial charge on any atom is -0.342 e. The quantitative estimate of drug-likeness (QED) is 0.895. The summed E-state index contributed by atoms with van der Waals surface area (Å²) in [5.41, 5.74) is 1.74. The van der Waals surface area contributed by atoms with E-state index in [-0.39, 0.29) is 11.0 Å². The molecule has 24 heavy (non-hydrogen) atoms. The number of hydrogen-bond donors (Lipinski definition) is 1. The Morgan fingerprint density at radius 2 is 1.83 bits per heavy atom. The Balaban J connectivity index is 1.42. The normalized spacial score (nSPS) is 33.4. The van der Waals surface area contributed by atoms with Crippen LogP contribution < -0.4 is 5.32 Å². The second-order valence-electron chi connectivity index (χ2n) is 8.42. The molecule has 3 aliphatic rings. The molecule has 0 radical (unpaired) electrons. The predicted molar refractivity (Wildman–Crippen MR) is 96.6 cm³/mol. The summed E-state index contributed by atoms with van der Waals surface area (Å²) in [5, 5.41) is 3.61. The molecule has 3 heteroatoms. The smallest absolute Gasteiger partial charge is 0.223 e. The van der Waals surface area contributed by atoms with Gasteiger partial charge in [-0.3, -0.25) is 4.79 Å². The lowest BCUT2D eigenvalue weighted by atomic mass is 9.65. The molecule has 1 aromatic rings. The van der Waals surface area contributed by atoms with Gasteiger partial charge in [-0.25, -0.2) is 0 Å². The van der Waals surface area contributed by atoms with Crippen molar-refractivity contribution in [1.82, 2.24) is 10.2 Å². The summed E-state index contributed by atoms with van der Waals surface area (Å²) in [5.74, 6) is 1.32. The Labute approximate surface area is 145 Å². The minimum absolute atomic E-state index is 0.0942. The van der Waals surface area contributed by atoms with E-state index in [2.05, 4.69) is 47.6 Å². The molecule has 1 saturated heterocycles. The van der Waals surface area contributed by atoms with Crippen molar-refractivity contribution in [3.63, 3.8) is 0 Å². The summed E-state index contributed by atoms with van der Waals surface area (Å²) in [6, 6.07) is 10.9. The van der Waals surface area contributed by atoms with Crippen LogP contribution in [0, 0.1) is 11.3 Å². The van der Waals surface area contributed by atoms with Gasteiger partial charge in [0.2, 0.25) is 5.91 Å². The Kier molecular flexibility index (Phi) is 4.16. The molecule has 1 aliphatic heterocycles. The van der Waals surface area contributed by atoms with E-state index < -0.39 is 0 Å². The van der Waals surface area contributed by atoms with E-state index in [0.29, 0.717) is 5.91 Å². The second-order valence-corrected chi connectivity index (χ2v) is 8.42. The largest absolute Gasteiger partial charge is 0.342 e. The monoisotopic (exact) mass is 326 g/mol. The molecule has 3 nitrogen and oxygen atoms in total. The average Bonchev–Trinajstić information content (AvgIpc) is 3.40. The fourth-order valence-electron chi connectivity index (χ4n) is 4.91. The molecule has 2 aliphatic carbocycles. The van der Waals surface area contributed by atoms with Gasteiger partial charge in [-0.1, -0.05) is 43.2 Å². The van der Waals surface area contributed by atoms with Crippen LogP contribution in [0.4, 0.5) is 0 Å². The van der Waals surface area contributed by atoms with Crippen molar-refractivity contribution in [2.75, 3.05) is 20.1 Å². The highest BCUT2D eigenvalue weighted by Gasteiger charge is 2.48. The zero-order valence-corrected chi connectivity index (χ0v) is 14.9. The van der Waals surface area contributed by atoms with E-state index in [9.17, 15) is 4.79 Å². The van der Waals surface area contributed by atoms with Crippen LogP contribution in [0.15, 0.2) is 30.3 Å². The van der Waals surface area contributed by atoms with Gasteiger partial charge in [0.25, 0.3) is 0 Å². The topological polar surface area (TPSA) is 32.3 Å². The summed E-state index contributed by atoms with van der Waals surface area (Å²) in [6.45, 7) is 2.01. The van der Waals surface area contributed by atoms with E-state index in [1.807, 2.05) is 0 Å². The fourth-order valence-corrected chi connectivity index (χ4v) is 4.91. The molecule has 0 aromatic heterocycles. The van der Waals surface area contributed by atoms with Crippen LogP contribution in [0.25, 0.3) is 0 Å². The van der Waals surface area contributed by atoms with Crippen molar-refractivity contribution < 1.29 is 4.79 Å². The molecule has 0 atom stereocenters. The molecular formula is C21H30N2O. The molecule has 1 heterocycles. The van der Waals surface area contributed by atoms with E-state index >= 15 is 0 Å². The van der Waals surface area contributed by atoms with Crippen molar-refractivity contribution in [3.8, 4) is 0 Å². The van der Waals surface area contributed by atoms with Crippen LogP contribution in [0.1, 0.15) is 56.9 Å². The number of benzene rings is 1. The predicted octanol–water partition coefficient (Wildman–Crippen LogP) is 3.69. The maximum atomic E-state index is 12.5. The summed E-state index contributed by atoms with van der Waals surface area (Å²) in [7, 11) is 2.09. The van der Waals surface area contributed by atoms with E-state index in [4.69, 9.17) is 0 Å². The average molecular weight is 326 g/mol. The number of rotatable bonds is 5. The lowest BCUT2D eigenvalue weighted by Gasteiger charge is -2.45. The maximum Gasteiger partial charge on any atom is 0.223 e. The number of carbonyl (C=O) groups is 1. The Hall–Kier alpha value is -1.35. The van der Waals surface area contributed by atoms with Crippen LogP contribution in [0.5, 0.6) is 0 Å². The Bertz CT molecular complexity index is 585. The molecule has 0 bridgehead atoms. The first-order valence-corrected chi connectivity index (χ1v) is 9.67. The third kappa shape index (κ3) is 2.99. The molecule has 130 valence electrons. The molecule has 4 rings (SSSR count). The molecular weight excluding hydrogens is 296 g/mol. The molecule has 3 fully saturated rings. The third-order valence-electron chi connectivity index (χ3n) is 6.88. The first kappa shape index (κ1) is 16.1. The minimum atomic E-state index is 0.0942. The van der Waals surface area contributed by atoms with Gasteiger partial charge in [-0.2, -0.15) is 0 Å². The lowest BCUT2D eigenvalue weighted by molar-refractivity contribution is -0.127. The molecule has 1 aromatic carbocycles.